The van der Waals surface area contributed by atoms with Gasteiger partial charge in [-0.05, 0) is 31.0 Å². The summed E-state index contributed by atoms with van der Waals surface area (Å²) in [5.74, 6) is -1.08. The van der Waals surface area contributed by atoms with Crippen molar-refractivity contribution in [2.75, 3.05) is 18.5 Å². The van der Waals surface area contributed by atoms with Crippen LogP contribution in [0.2, 0.25) is 0 Å². The number of hydrogen-bond donors (Lipinski definition) is 2. The highest BCUT2D eigenvalue weighted by Gasteiger charge is 2.48. The van der Waals surface area contributed by atoms with Crippen molar-refractivity contribution in [1.82, 2.24) is 0 Å². The average molecular weight is 315 g/mol. The zero-order valence-corrected chi connectivity index (χ0v) is 11.1. The van der Waals surface area contributed by atoms with E-state index in [2.05, 4.69) is 5.32 Å². The van der Waals surface area contributed by atoms with Gasteiger partial charge in [-0.15, -0.1) is 0 Å². The highest BCUT2D eigenvalue weighted by atomic mass is 32.2. The lowest BCUT2D eigenvalue weighted by molar-refractivity contribution is -0.0435. The molecular weight excluding hydrogens is 302 g/mol. The Labute approximate surface area is 113 Å². The maximum absolute atomic E-state index is 13.0. The monoisotopic (exact) mass is 315 g/mol. The van der Waals surface area contributed by atoms with E-state index in [1.165, 1.54) is 0 Å². The minimum atomic E-state index is -5.62. The van der Waals surface area contributed by atoms with Crippen LogP contribution in [0.1, 0.15) is 12.8 Å². The third-order valence-corrected chi connectivity index (χ3v) is 3.96. The Balaban J connectivity index is 3.09. The van der Waals surface area contributed by atoms with Gasteiger partial charge < -0.3 is 10.4 Å². The molecule has 0 heterocycles. The molecule has 0 amide bonds. The first-order valence-electron chi connectivity index (χ1n) is 5.66. The summed E-state index contributed by atoms with van der Waals surface area (Å²) in [5.41, 5.74) is -5.82. The van der Waals surface area contributed by atoms with E-state index in [0.717, 1.165) is 12.1 Å². The van der Waals surface area contributed by atoms with Crippen LogP contribution >= 0.6 is 0 Å². The number of anilines is 1. The van der Waals surface area contributed by atoms with Gasteiger partial charge in [-0.2, -0.15) is 13.2 Å². The van der Waals surface area contributed by atoms with Crippen molar-refractivity contribution in [3.8, 4) is 0 Å². The fourth-order valence-electron chi connectivity index (χ4n) is 1.45. The molecule has 0 bridgehead atoms. The molecule has 0 unspecified atom stereocenters. The lowest BCUT2D eigenvalue weighted by Crippen LogP contribution is -2.24. The average Bonchev–Trinajstić information content (AvgIpc) is 2.34. The second-order valence-electron chi connectivity index (χ2n) is 3.95. The van der Waals surface area contributed by atoms with E-state index >= 15 is 0 Å². The summed E-state index contributed by atoms with van der Waals surface area (Å²) in [6.07, 6.45) is 0.842. The van der Waals surface area contributed by atoms with Crippen LogP contribution in [0.15, 0.2) is 23.1 Å². The van der Waals surface area contributed by atoms with Crippen molar-refractivity contribution in [2.45, 2.75) is 23.2 Å². The summed E-state index contributed by atoms with van der Waals surface area (Å²) in [4.78, 5) is -1.14. The number of rotatable bonds is 6. The maximum Gasteiger partial charge on any atom is 0.501 e. The van der Waals surface area contributed by atoms with Crippen molar-refractivity contribution < 1.29 is 31.1 Å². The van der Waals surface area contributed by atoms with Crippen molar-refractivity contribution in [1.29, 1.82) is 0 Å². The number of unbranched alkanes of at least 4 members (excludes halogenated alkanes) is 1. The Hall–Kier alpha value is -1.35. The van der Waals surface area contributed by atoms with E-state index in [0.29, 0.717) is 18.9 Å². The van der Waals surface area contributed by atoms with Gasteiger partial charge in [-0.25, -0.2) is 12.8 Å². The van der Waals surface area contributed by atoms with Gasteiger partial charge in [0, 0.05) is 13.2 Å². The molecule has 114 valence electrons. The second-order valence-corrected chi connectivity index (χ2v) is 5.86. The van der Waals surface area contributed by atoms with Gasteiger partial charge in [0.15, 0.2) is 0 Å². The summed E-state index contributed by atoms with van der Waals surface area (Å²) < 4.78 is 73.2. The van der Waals surface area contributed by atoms with Crippen LogP contribution in [0, 0.1) is 5.82 Å². The molecule has 1 aromatic rings. The molecule has 4 nitrogen and oxygen atoms in total. The molecule has 0 radical (unpaired) electrons. The van der Waals surface area contributed by atoms with Crippen LogP contribution in [0.5, 0.6) is 0 Å². The molecule has 0 atom stereocenters. The number of sulfone groups is 1. The molecule has 0 aliphatic carbocycles. The first-order valence-corrected chi connectivity index (χ1v) is 7.14. The van der Waals surface area contributed by atoms with Gasteiger partial charge in [-0.3, -0.25) is 0 Å². The second kappa shape index (κ2) is 6.40. The Morgan fingerprint density at radius 2 is 1.85 bits per heavy atom. The fourth-order valence-corrected chi connectivity index (χ4v) is 2.40. The van der Waals surface area contributed by atoms with E-state index in [-0.39, 0.29) is 18.8 Å². The number of nitrogens with one attached hydrogen (secondary N) is 1. The van der Waals surface area contributed by atoms with Crippen LogP contribution < -0.4 is 5.32 Å². The molecular formula is C11H13F4NO3S. The molecule has 0 aliphatic heterocycles. The Morgan fingerprint density at radius 3 is 2.40 bits per heavy atom. The standard InChI is InChI=1S/C11H13F4NO3S/c12-8-3-4-9(16-5-1-2-6-17)10(7-8)20(18,19)11(13,14)15/h3-4,7,16-17H,1-2,5-6H2. The lowest BCUT2D eigenvalue weighted by atomic mass is 10.3. The van der Waals surface area contributed by atoms with Gasteiger partial charge in [0.25, 0.3) is 9.84 Å². The summed E-state index contributed by atoms with van der Waals surface area (Å²) in [7, 11) is -5.62. The molecule has 9 heteroatoms. The van der Waals surface area contributed by atoms with E-state index < -0.39 is 26.1 Å². The van der Waals surface area contributed by atoms with Crippen molar-refractivity contribution >= 4 is 15.5 Å². The minimum absolute atomic E-state index is 0.0845. The van der Waals surface area contributed by atoms with Crippen LogP contribution in [0.25, 0.3) is 0 Å². The maximum atomic E-state index is 13.0. The molecule has 0 aliphatic rings. The van der Waals surface area contributed by atoms with Gasteiger partial charge in [0.05, 0.1) is 5.69 Å². The normalized spacial score (nSPS) is 12.4. The van der Waals surface area contributed by atoms with E-state index in [1.54, 1.807) is 0 Å². The Kier molecular flexibility index (Phi) is 5.35. The van der Waals surface area contributed by atoms with Crippen LogP contribution in [0.3, 0.4) is 0 Å². The number of alkyl halides is 3. The Morgan fingerprint density at radius 1 is 1.20 bits per heavy atom. The number of halogens is 4. The quantitative estimate of drug-likeness (QED) is 0.624. The Bertz CT molecular complexity index is 557. The number of benzene rings is 1. The van der Waals surface area contributed by atoms with E-state index in [4.69, 9.17) is 5.11 Å². The van der Waals surface area contributed by atoms with Crippen molar-refractivity contribution in [3.05, 3.63) is 24.0 Å². The predicted molar refractivity (Wildman–Crippen MR) is 64.5 cm³/mol. The molecule has 1 rings (SSSR count). The third kappa shape index (κ3) is 3.83. The highest BCUT2D eigenvalue weighted by Crippen LogP contribution is 2.34. The first kappa shape index (κ1) is 16.7. The van der Waals surface area contributed by atoms with Crippen molar-refractivity contribution in [3.63, 3.8) is 0 Å². The van der Waals surface area contributed by atoms with Gasteiger partial charge in [0.2, 0.25) is 0 Å². The van der Waals surface area contributed by atoms with Crippen LogP contribution in [0.4, 0.5) is 23.2 Å². The predicted octanol–water partition coefficient (Wildman–Crippen LogP) is 2.30. The minimum Gasteiger partial charge on any atom is -0.396 e. The van der Waals surface area contributed by atoms with Crippen molar-refractivity contribution in [2.24, 2.45) is 0 Å². The molecule has 0 saturated carbocycles. The zero-order valence-electron chi connectivity index (χ0n) is 10.2. The molecule has 0 fully saturated rings. The highest BCUT2D eigenvalue weighted by molar-refractivity contribution is 7.92. The fraction of sp³-hybridized carbons (Fsp3) is 0.455. The van der Waals surface area contributed by atoms with E-state index in [9.17, 15) is 26.0 Å². The smallest absolute Gasteiger partial charge is 0.396 e. The zero-order chi connectivity index (χ0) is 15.4. The summed E-state index contributed by atoms with van der Waals surface area (Å²) >= 11 is 0. The molecule has 1 aromatic carbocycles. The summed E-state index contributed by atoms with van der Waals surface area (Å²) in [6, 6.07) is 2.13. The van der Waals surface area contributed by atoms with Gasteiger partial charge in [0.1, 0.15) is 10.7 Å². The molecule has 0 saturated heterocycles. The van der Waals surface area contributed by atoms with Gasteiger partial charge >= 0.3 is 5.51 Å². The number of hydrogen-bond acceptors (Lipinski definition) is 4. The summed E-state index contributed by atoms with van der Waals surface area (Å²) in [5, 5.41) is 11.1. The van der Waals surface area contributed by atoms with Crippen LogP contribution in [-0.2, 0) is 9.84 Å². The van der Waals surface area contributed by atoms with Gasteiger partial charge in [-0.1, -0.05) is 0 Å². The molecule has 20 heavy (non-hydrogen) atoms. The lowest BCUT2D eigenvalue weighted by Gasteiger charge is -2.14. The largest absolute Gasteiger partial charge is 0.501 e. The van der Waals surface area contributed by atoms with E-state index in [1.807, 2.05) is 0 Å². The molecule has 0 spiro atoms. The number of aliphatic hydroxyl groups is 1. The molecule has 0 aromatic heterocycles. The SMILES string of the molecule is O=S(=O)(c1cc(F)ccc1NCCCCO)C(F)(F)F. The summed E-state index contributed by atoms with van der Waals surface area (Å²) in [6.45, 7) is 0.0748. The molecule has 2 N–H and O–H groups in total. The third-order valence-electron chi connectivity index (χ3n) is 2.44. The first-order chi connectivity index (χ1) is 9.20. The number of aliphatic hydroxyl groups excluding tert-OH is 1. The van der Waals surface area contributed by atoms with Crippen LogP contribution in [-0.4, -0.2) is 32.2 Å². The topological polar surface area (TPSA) is 66.4 Å².